The van der Waals surface area contributed by atoms with Crippen LogP contribution >= 0.6 is 0 Å². The van der Waals surface area contributed by atoms with Crippen LogP contribution in [0.25, 0.3) is 5.82 Å². The van der Waals surface area contributed by atoms with Gasteiger partial charge in [0.2, 0.25) is 0 Å². The molecule has 6 nitrogen and oxygen atoms in total. The highest BCUT2D eigenvalue weighted by Crippen LogP contribution is 2.28. The number of nitrogens with one attached hydrogen (secondary N) is 1. The molecule has 148 valence electrons. The quantitative estimate of drug-likeness (QED) is 0.745. The van der Waals surface area contributed by atoms with Gasteiger partial charge in [0.05, 0.1) is 5.56 Å². The van der Waals surface area contributed by atoms with E-state index in [1.165, 1.54) is 30.4 Å². The second kappa shape index (κ2) is 7.79. The van der Waals surface area contributed by atoms with Crippen LogP contribution in [0, 0.1) is 0 Å². The average molecular weight is 387 g/mol. The summed E-state index contributed by atoms with van der Waals surface area (Å²) in [6, 6.07) is 12.5. The molecule has 1 saturated carbocycles. The van der Waals surface area contributed by atoms with E-state index in [0.717, 1.165) is 37.7 Å². The highest BCUT2D eigenvalue weighted by molar-refractivity contribution is 6.04. The van der Waals surface area contributed by atoms with Gasteiger partial charge in [-0.1, -0.05) is 12.5 Å². The molecule has 5 rings (SSSR count). The van der Waals surface area contributed by atoms with E-state index in [9.17, 15) is 4.79 Å². The number of carbonyl (C=O) groups excluding carboxylic acids is 1. The van der Waals surface area contributed by atoms with Crippen molar-refractivity contribution in [1.29, 1.82) is 0 Å². The number of hydrogen-bond acceptors (Lipinski definition) is 4. The summed E-state index contributed by atoms with van der Waals surface area (Å²) < 4.78 is 1.67. The summed E-state index contributed by atoms with van der Waals surface area (Å²) in [6.45, 7) is 2.27. The van der Waals surface area contributed by atoms with E-state index in [2.05, 4.69) is 32.4 Å². The Morgan fingerprint density at radius 3 is 2.62 bits per heavy atom. The van der Waals surface area contributed by atoms with Gasteiger partial charge >= 0.3 is 0 Å². The molecule has 0 unspecified atom stereocenters. The fraction of sp³-hybridized carbons (Fsp3) is 0.348. The van der Waals surface area contributed by atoms with E-state index in [1.54, 1.807) is 29.2 Å². The normalized spacial score (nSPS) is 17.2. The van der Waals surface area contributed by atoms with Crippen LogP contribution in [0.4, 0.5) is 5.69 Å². The SMILES string of the molecule is O=C(Nc1ccc2c(c1)CCN(C1CCC1)CC2)c1ccc(-n2cccn2)nc1. The summed E-state index contributed by atoms with van der Waals surface area (Å²) in [4.78, 5) is 19.6. The van der Waals surface area contributed by atoms with Gasteiger partial charge in [-0.3, -0.25) is 9.69 Å². The molecule has 3 aromatic rings. The molecular formula is C23H25N5O. The first-order valence-electron chi connectivity index (χ1n) is 10.4. The van der Waals surface area contributed by atoms with Crippen molar-refractivity contribution < 1.29 is 4.79 Å². The third-order valence-electron chi connectivity index (χ3n) is 6.14. The fourth-order valence-electron chi connectivity index (χ4n) is 4.20. The van der Waals surface area contributed by atoms with Crippen molar-refractivity contribution in [2.24, 2.45) is 0 Å². The molecular weight excluding hydrogens is 362 g/mol. The number of aromatic nitrogens is 3. The zero-order valence-electron chi connectivity index (χ0n) is 16.4. The van der Waals surface area contributed by atoms with E-state index in [4.69, 9.17) is 0 Å². The first kappa shape index (κ1) is 18.1. The number of benzene rings is 1. The summed E-state index contributed by atoms with van der Waals surface area (Å²) in [5.74, 6) is 0.543. The summed E-state index contributed by atoms with van der Waals surface area (Å²) in [5, 5.41) is 7.18. The van der Waals surface area contributed by atoms with Crippen LogP contribution in [0.5, 0.6) is 0 Å². The summed E-state index contributed by atoms with van der Waals surface area (Å²) in [5.41, 5.74) is 4.15. The van der Waals surface area contributed by atoms with Crippen molar-refractivity contribution in [3.05, 3.63) is 71.7 Å². The standard InChI is InChI=1S/C23H25N5O/c29-23(19-6-8-22(24-16-19)28-12-2-11-25-28)26-20-7-5-17-9-13-27(21-3-1-4-21)14-10-18(17)15-20/h2,5-8,11-12,15-16,21H,1,3-4,9-10,13-14H2,(H,26,29). The maximum atomic E-state index is 12.7. The average Bonchev–Trinajstić information content (AvgIpc) is 3.17. The van der Waals surface area contributed by atoms with Gasteiger partial charge in [0.1, 0.15) is 0 Å². The topological polar surface area (TPSA) is 63.1 Å². The van der Waals surface area contributed by atoms with Crippen LogP contribution < -0.4 is 5.32 Å². The molecule has 3 heterocycles. The Bertz CT molecular complexity index is 993. The number of carbonyl (C=O) groups is 1. The first-order chi connectivity index (χ1) is 14.3. The van der Waals surface area contributed by atoms with Crippen molar-refractivity contribution in [2.45, 2.75) is 38.1 Å². The summed E-state index contributed by atoms with van der Waals surface area (Å²) in [7, 11) is 0. The summed E-state index contributed by atoms with van der Waals surface area (Å²) in [6.07, 6.45) is 11.3. The monoisotopic (exact) mass is 387 g/mol. The highest BCUT2D eigenvalue weighted by Gasteiger charge is 2.26. The maximum absolute atomic E-state index is 12.7. The number of pyridine rings is 1. The lowest BCUT2D eigenvalue weighted by Crippen LogP contribution is -2.41. The summed E-state index contributed by atoms with van der Waals surface area (Å²) >= 11 is 0. The van der Waals surface area contributed by atoms with E-state index >= 15 is 0 Å². The smallest absolute Gasteiger partial charge is 0.257 e. The molecule has 1 fully saturated rings. The lowest BCUT2D eigenvalue weighted by molar-refractivity contribution is 0.102. The lowest BCUT2D eigenvalue weighted by atomic mass is 9.91. The Balaban J connectivity index is 1.26. The number of rotatable bonds is 4. The van der Waals surface area contributed by atoms with E-state index in [1.807, 2.05) is 18.3 Å². The van der Waals surface area contributed by atoms with Crippen LogP contribution in [-0.2, 0) is 12.8 Å². The zero-order chi connectivity index (χ0) is 19.6. The van der Waals surface area contributed by atoms with Gasteiger partial charge in [-0.2, -0.15) is 5.10 Å². The van der Waals surface area contributed by atoms with Crippen molar-refractivity contribution in [2.75, 3.05) is 18.4 Å². The van der Waals surface area contributed by atoms with Gasteiger partial charge < -0.3 is 5.32 Å². The molecule has 1 aromatic carbocycles. The second-order valence-electron chi connectivity index (χ2n) is 7.91. The molecule has 2 aromatic heterocycles. The number of hydrogen-bond donors (Lipinski definition) is 1. The molecule has 6 heteroatoms. The Kier molecular flexibility index (Phi) is 4.86. The molecule has 1 aliphatic carbocycles. The van der Waals surface area contributed by atoms with Crippen molar-refractivity contribution in [3.63, 3.8) is 0 Å². The predicted molar refractivity (Wildman–Crippen MR) is 112 cm³/mol. The molecule has 0 radical (unpaired) electrons. The molecule has 2 aliphatic rings. The Labute approximate surface area is 170 Å². The largest absolute Gasteiger partial charge is 0.322 e. The van der Waals surface area contributed by atoms with Crippen molar-refractivity contribution in [3.8, 4) is 5.82 Å². The third kappa shape index (κ3) is 3.80. The van der Waals surface area contributed by atoms with Crippen molar-refractivity contribution >= 4 is 11.6 Å². The van der Waals surface area contributed by atoms with E-state index < -0.39 is 0 Å². The third-order valence-corrected chi connectivity index (χ3v) is 6.14. The molecule has 0 atom stereocenters. The number of anilines is 1. The minimum Gasteiger partial charge on any atom is -0.322 e. The van der Waals surface area contributed by atoms with Gasteiger partial charge in [0.25, 0.3) is 5.91 Å². The van der Waals surface area contributed by atoms with E-state index in [0.29, 0.717) is 11.4 Å². The maximum Gasteiger partial charge on any atom is 0.257 e. The van der Waals surface area contributed by atoms with Gasteiger partial charge in [-0.05, 0) is 67.1 Å². The van der Waals surface area contributed by atoms with Crippen LogP contribution in [-0.4, -0.2) is 44.7 Å². The van der Waals surface area contributed by atoms with E-state index in [-0.39, 0.29) is 5.91 Å². The molecule has 1 N–H and O–H groups in total. The van der Waals surface area contributed by atoms with Crippen LogP contribution in [0.1, 0.15) is 40.7 Å². The molecule has 0 bridgehead atoms. The first-order valence-corrected chi connectivity index (χ1v) is 10.4. The van der Waals surface area contributed by atoms with Crippen LogP contribution in [0.2, 0.25) is 0 Å². The number of amides is 1. The minimum absolute atomic E-state index is 0.144. The van der Waals surface area contributed by atoms with Crippen molar-refractivity contribution in [1.82, 2.24) is 19.7 Å². The van der Waals surface area contributed by atoms with Gasteiger partial charge in [0, 0.05) is 43.4 Å². The Hall–Kier alpha value is -2.99. The second-order valence-corrected chi connectivity index (χ2v) is 7.91. The number of fused-ring (bicyclic) bond motifs is 1. The van der Waals surface area contributed by atoms with Gasteiger partial charge in [-0.25, -0.2) is 9.67 Å². The predicted octanol–water partition coefficient (Wildman–Crippen LogP) is 3.47. The number of nitrogens with zero attached hydrogens (tertiary/aromatic N) is 4. The molecule has 1 aliphatic heterocycles. The lowest BCUT2D eigenvalue weighted by Gasteiger charge is -2.36. The molecule has 29 heavy (non-hydrogen) atoms. The fourth-order valence-corrected chi connectivity index (χ4v) is 4.20. The molecule has 0 saturated heterocycles. The molecule has 0 spiro atoms. The van der Waals surface area contributed by atoms with Crippen LogP contribution in [0.15, 0.2) is 55.0 Å². The minimum atomic E-state index is -0.144. The Morgan fingerprint density at radius 2 is 1.93 bits per heavy atom. The zero-order valence-corrected chi connectivity index (χ0v) is 16.4. The van der Waals surface area contributed by atoms with Crippen LogP contribution in [0.3, 0.4) is 0 Å². The molecule has 1 amide bonds. The Morgan fingerprint density at radius 1 is 1.07 bits per heavy atom. The van der Waals surface area contributed by atoms with Gasteiger partial charge in [-0.15, -0.1) is 0 Å². The van der Waals surface area contributed by atoms with Gasteiger partial charge in [0.15, 0.2) is 5.82 Å². The highest BCUT2D eigenvalue weighted by atomic mass is 16.1.